The number of carbonyl (C=O) groups excluding carboxylic acids is 1. The first-order valence-electron chi connectivity index (χ1n) is 5.33. The molecule has 0 bridgehead atoms. The Morgan fingerprint density at radius 2 is 2.24 bits per heavy atom. The van der Waals surface area contributed by atoms with Gasteiger partial charge in [0.25, 0.3) is 0 Å². The maximum atomic E-state index is 12.1. The minimum absolute atomic E-state index is 0.0676. The van der Waals surface area contributed by atoms with E-state index in [1.54, 1.807) is 23.0 Å². The maximum Gasteiger partial charge on any atom is 0.167 e. The smallest absolute Gasteiger partial charge is 0.167 e. The molecule has 0 aliphatic heterocycles. The predicted octanol–water partition coefficient (Wildman–Crippen LogP) is 2.81. The van der Waals surface area contributed by atoms with E-state index in [1.165, 1.54) is 0 Å². The molecular formula is C13H13ClN2O. The Bertz CT molecular complexity index is 560. The minimum Gasteiger partial charge on any atom is -0.294 e. The molecule has 0 saturated carbocycles. The van der Waals surface area contributed by atoms with Crippen LogP contribution in [0.5, 0.6) is 0 Å². The molecule has 0 fully saturated rings. The zero-order valence-corrected chi connectivity index (χ0v) is 10.5. The van der Waals surface area contributed by atoms with E-state index in [-0.39, 0.29) is 5.78 Å². The van der Waals surface area contributed by atoms with Crippen molar-refractivity contribution in [3.05, 3.63) is 52.3 Å². The average molecular weight is 249 g/mol. The fraction of sp³-hybridized carbons (Fsp3) is 0.231. The van der Waals surface area contributed by atoms with E-state index < -0.39 is 0 Å². The van der Waals surface area contributed by atoms with E-state index in [2.05, 4.69) is 5.10 Å². The number of nitrogens with zero attached hydrogens (tertiary/aromatic N) is 2. The Morgan fingerprint density at radius 3 is 2.88 bits per heavy atom. The van der Waals surface area contributed by atoms with Crippen molar-refractivity contribution in [3.8, 4) is 0 Å². The third-order valence-electron chi connectivity index (χ3n) is 2.62. The molecule has 4 heteroatoms. The van der Waals surface area contributed by atoms with Crippen LogP contribution in [-0.2, 0) is 13.5 Å². The molecule has 0 amide bonds. The van der Waals surface area contributed by atoms with Crippen molar-refractivity contribution in [1.29, 1.82) is 0 Å². The van der Waals surface area contributed by atoms with Gasteiger partial charge in [-0.2, -0.15) is 5.10 Å². The van der Waals surface area contributed by atoms with Crippen molar-refractivity contribution in [2.24, 2.45) is 7.05 Å². The summed E-state index contributed by atoms with van der Waals surface area (Å²) in [5, 5.41) is 4.63. The van der Waals surface area contributed by atoms with E-state index in [9.17, 15) is 4.79 Å². The first-order valence-corrected chi connectivity index (χ1v) is 5.71. The highest BCUT2D eigenvalue weighted by molar-refractivity contribution is 6.31. The Balaban J connectivity index is 2.22. The van der Waals surface area contributed by atoms with Crippen molar-refractivity contribution in [3.63, 3.8) is 0 Å². The van der Waals surface area contributed by atoms with Crippen LogP contribution in [0.1, 0.15) is 21.5 Å². The molecule has 0 atom stereocenters. The van der Waals surface area contributed by atoms with E-state index in [0.29, 0.717) is 17.0 Å². The van der Waals surface area contributed by atoms with E-state index >= 15 is 0 Å². The van der Waals surface area contributed by atoms with Gasteiger partial charge in [-0.1, -0.05) is 17.7 Å². The molecule has 17 heavy (non-hydrogen) atoms. The van der Waals surface area contributed by atoms with Crippen molar-refractivity contribution in [2.75, 3.05) is 0 Å². The maximum absolute atomic E-state index is 12.1. The van der Waals surface area contributed by atoms with E-state index in [1.807, 2.05) is 26.2 Å². The molecule has 0 aliphatic carbocycles. The Morgan fingerprint density at radius 1 is 1.47 bits per heavy atom. The van der Waals surface area contributed by atoms with Gasteiger partial charge in [-0.15, -0.1) is 0 Å². The lowest BCUT2D eigenvalue weighted by atomic mass is 10.0. The number of carbonyl (C=O) groups is 1. The van der Waals surface area contributed by atoms with Gasteiger partial charge in [0.1, 0.15) is 0 Å². The number of aromatic nitrogens is 2. The van der Waals surface area contributed by atoms with Gasteiger partial charge in [0.15, 0.2) is 5.78 Å². The summed E-state index contributed by atoms with van der Waals surface area (Å²) >= 11 is 5.90. The molecule has 0 aliphatic rings. The summed E-state index contributed by atoms with van der Waals surface area (Å²) < 4.78 is 1.69. The van der Waals surface area contributed by atoms with Crippen molar-refractivity contribution in [1.82, 2.24) is 9.78 Å². The van der Waals surface area contributed by atoms with Crippen LogP contribution in [-0.4, -0.2) is 15.6 Å². The van der Waals surface area contributed by atoms with Gasteiger partial charge in [0, 0.05) is 30.3 Å². The van der Waals surface area contributed by atoms with Gasteiger partial charge >= 0.3 is 0 Å². The monoisotopic (exact) mass is 248 g/mol. The van der Waals surface area contributed by atoms with Crippen LogP contribution in [0.4, 0.5) is 0 Å². The molecule has 1 aromatic heterocycles. The normalized spacial score (nSPS) is 10.5. The van der Waals surface area contributed by atoms with E-state index in [0.717, 1.165) is 11.1 Å². The van der Waals surface area contributed by atoms with Crippen LogP contribution in [0.2, 0.25) is 5.02 Å². The molecule has 0 unspecified atom stereocenters. The fourth-order valence-electron chi connectivity index (χ4n) is 1.74. The Kier molecular flexibility index (Phi) is 3.29. The third kappa shape index (κ3) is 2.74. The largest absolute Gasteiger partial charge is 0.294 e. The van der Waals surface area contributed by atoms with Crippen LogP contribution >= 0.6 is 11.6 Å². The number of Topliss-reactive ketones (excluding diaryl/α,β-unsaturated/α-hetero) is 1. The fourth-order valence-corrected chi connectivity index (χ4v) is 1.91. The van der Waals surface area contributed by atoms with Gasteiger partial charge < -0.3 is 0 Å². The number of halogens is 1. The second-order valence-corrected chi connectivity index (χ2v) is 4.52. The second kappa shape index (κ2) is 4.72. The highest BCUT2D eigenvalue weighted by Gasteiger charge is 2.11. The van der Waals surface area contributed by atoms with E-state index in [4.69, 9.17) is 11.6 Å². The molecular weight excluding hydrogens is 236 g/mol. The lowest BCUT2D eigenvalue weighted by Crippen LogP contribution is -2.05. The number of hydrogen-bond donors (Lipinski definition) is 0. The summed E-state index contributed by atoms with van der Waals surface area (Å²) in [5.41, 5.74) is 2.54. The molecule has 3 nitrogen and oxygen atoms in total. The lowest BCUT2D eigenvalue weighted by Gasteiger charge is -2.04. The molecule has 0 N–H and O–H groups in total. The topological polar surface area (TPSA) is 34.9 Å². The summed E-state index contributed by atoms with van der Waals surface area (Å²) in [6.07, 6.45) is 3.91. The molecule has 0 radical (unpaired) electrons. The number of benzene rings is 1. The molecule has 2 aromatic rings. The van der Waals surface area contributed by atoms with Crippen molar-refractivity contribution in [2.45, 2.75) is 13.3 Å². The Labute approximate surface area is 105 Å². The summed E-state index contributed by atoms with van der Waals surface area (Å²) in [4.78, 5) is 12.1. The summed E-state index contributed by atoms with van der Waals surface area (Å²) in [6, 6.07) is 5.37. The SMILES string of the molecule is Cc1ccc(Cl)cc1C(=O)Cc1cnn(C)c1. The summed E-state index contributed by atoms with van der Waals surface area (Å²) in [6.45, 7) is 1.91. The van der Waals surface area contributed by atoms with Crippen LogP contribution in [0.3, 0.4) is 0 Å². The summed E-state index contributed by atoms with van der Waals surface area (Å²) in [5.74, 6) is 0.0676. The molecule has 88 valence electrons. The molecule has 0 saturated heterocycles. The number of aryl methyl sites for hydroxylation is 2. The van der Waals surface area contributed by atoms with Gasteiger partial charge in [-0.25, -0.2) is 0 Å². The lowest BCUT2D eigenvalue weighted by molar-refractivity contribution is 0.0992. The molecule has 1 aromatic carbocycles. The van der Waals surface area contributed by atoms with Gasteiger partial charge in [-0.3, -0.25) is 9.48 Å². The van der Waals surface area contributed by atoms with Crippen LogP contribution in [0, 0.1) is 6.92 Å². The average Bonchev–Trinajstić information content (AvgIpc) is 2.67. The second-order valence-electron chi connectivity index (χ2n) is 4.08. The molecule has 1 heterocycles. The number of ketones is 1. The highest BCUT2D eigenvalue weighted by atomic mass is 35.5. The van der Waals surface area contributed by atoms with Gasteiger partial charge in [0.05, 0.1) is 6.20 Å². The zero-order valence-electron chi connectivity index (χ0n) is 9.77. The number of rotatable bonds is 3. The van der Waals surface area contributed by atoms with Crippen molar-refractivity contribution < 1.29 is 4.79 Å². The predicted molar refractivity (Wildman–Crippen MR) is 67.4 cm³/mol. The van der Waals surface area contributed by atoms with Gasteiger partial charge in [0.2, 0.25) is 0 Å². The molecule has 2 rings (SSSR count). The summed E-state index contributed by atoms with van der Waals surface area (Å²) in [7, 11) is 1.83. The first-order chi connectivity index (χ1) is 8.06. The third-order valence-corrected chi connectivity index (χ3v) is 2.86. The van der Waals surface area contributed by atoms with Crippen LogP contribution in [0.15, 0.2) is 30.6 Å². The quantitative estimate of drug-likeness (QED) is 0.783. The van der Waals surface area contributed by atoms with Crippen molar-refractivity contribution >= 4 is 17.4 Å². The van der Waals surface area contributed by atoms with Gasteiger partial charge in [-0.05, 0) is 30.2 Å². The Hall–Kier alpha value is -1.61. The standard InChI is InChI=1S/C13H13ClN2O/c1-9-3-4-11(14)6-12(9)13(17)5-10-7-15-16(2)8-10/h3-4,6-8H,5H2,1-2H3. The zero-order chi connectivity index (χ0) is 12.4. The first kappa shape index (κ1) is 11.9. The van der Waals surface area contributed by atoms with Crippen LogP contribution < -0.4 is 0 Å². The highest BCUT2D eigenvalue weighted by Crippen LogP contribution is 2.17. The molecule has 0 spiro atoms. The van der Waals surface area contributed by atoms with Crippen LogP contribution in [0.25, 0.3) is 0 Å². The number of hydrogen-bond acceptors (Lipinski definition) is 2. The minimum atomic E-state index is 0.0676.